The molecule has 2 aromatic rings. The number of phenolic OH excluding ortho intramolecular Hbond substituents is 2. The number of esters is 1. The number of phenols is 2. The van der Waals surface area contributed by atoms with Crippen molar-refractivity contribution in [1.29, 1.82) is 0 Å². The van der Waals surface area contributed by atoms with Crippen LogP contribution in [0.15, 0.2) is 36.4 Å². The molecular formula is C23H26O10. The van der Waals surface area contributed by atoms with E-state index in [0.29, 0.717) is 16.9 Å². The van der Waals surface area contributed by atoms with Crippen molar-refractivity contribution in [2.24, 2.45) is 0 Å². The van der Waals surface area contributed by atoms with Crippen molar-refractivity contribution in [3.8, 4) is 23.0 Å². The number of hydrogen-bond donors (Lipinski definition) is 5. The predicted octanol–water partition coefficient (Wildman–Crippen LogP) is 1.03. The molecule has 5 atom stereocenters. The average Bonchev–Trinajstić information content (AvgIpc) is 2.77. The summed E-state index contributed by atoms with van der Waals surface area (Å²) in [5.41, 5.74) is 1.21. The highest BCUT2D eigenvalue weighted by molar-refractivity contribution is 5.72. The third-order valence-electron chi connectivity index (χ3n) is 4.96. The lowest BCUT2D eigenvalue weighted by atomic mass is 9.99. The van der Waals surface area contributed by atoms with Gasteiger partial charge in [-0.15, -0.1) is 0 Å². The van der Waals surface area contributed by atoms with Crippen molar-refractivity contribution in [2.75, 3.05) is 13.7 Å². The van der Waals surface area contributed by atoms with E-state index in [9.17, 15) is 30.3 Å². The Labute approximate surface area is 189 Å². The molecule has 10 heteroatoms. The first-order valence-electron chi connectivity index (χ1n) is 10.1. The zero-order valence-corrected chi connectivity index (χ0v) is 18.0. The first kappa shape index (κ1) is 24.3. The highest BCUT2D eigenvalue weighted by atomic mass is 16.7. The van der Waals surface area contributed by atoms with Gasteiger partial charge >= 0.3 is 5.97 Å². The largest absolute Gasteiger partial charge is 0.508 e. The number of ether oxygens (including phenoxy) is 4. The number of carbonyl (C=O) groups excluding carboxylic acids is 1. The minimum absolute atomic E-state index is 0.0212. The maximum Gasteiger partial charge on any atom is 0.302 e. The van der Waals surface area contributed by atoms with Crippen LogP contribution in [-0.2, 0) is 14.3 Å². The lowest BCUT2D eigenvalue weighted by Gasteiger charge is -2.39. The van der Waals surface area contributed by atoms with Crippen LogP contribution in [0.5, 0.6) is 23.0 Å². The molecule has 0 saturated carbocycles. The van der Waals surface area contributed by atoms with E-state index in [-0.39, 0.29) is 23.9 Å². The third kappa shape index (κ3) is 6.14. The highest BCUT2D eigenvalue weighted by Crippen LogP contribution is 2.30. The Kier molecular flexibility index (Phi) is 7.77. The second-order valence-electron chi connectivity index (χ2n) is 7.46. The van der Waals surface area contributed by atoms with Crippen LogP contribution in [0.25, 0.3) is 12.2 Å². The quantitative estimate of drug-likeness (QED) is 0.298. The van der Waals surface area contributed by atoms with Gasteiger partial charge in [-0.1, -0.05) is 18.2 Å². The molecule has 1 aliphatic rings. The molecule has 10 nitrogen and oxygen atoms in total. The number of benzene rings is 2. The summed E-state index contributed by atoms with van der Waals surface area (Å²) < 4.78 is 20.9. The normalized spacial score (nSPS) is 25.1. The van der Waals surface area contributed by atoms with Gasteiger partial charge < -0.3 is 44.5 Å². The van der Waals surface area contributed by atoms with Gasteiger partial charge in [0.25, 0.3) is 0 Å². The Morgan fingerprint density at radius 2 is 1.73 bits per heavy atom. The number of aromatic hydroxyl groups is 2. The molecule has 0 radical (unpaired) electrons. The molecule has 3 rings (SSSR count). The van der Waals surface area contributed by atoms with Crippen LogP contribution in [0.2, 0.25) is 0 Å². The van der Waals surface area contributed by atoms with Gasteiger partial charge in [0.1, 0.15) is 42.5 Å². The number of carbonyl (C=O) groups is 1. The molecule has 33 heavy (non-hydrogen) atoms. The Morgan fingerprint density at radius 3 is 2.39 bits per heavy atom. The van der Waals surface area contributed by atoms with E-state index in [1.807, 2.05) is 0 Å². The van der Waals surface area contributed by atoms with E-state index in [2.05, 4.69) is 0 Å². The van der Waals surface area contributed by atoms with Crippen molar-refractivity contribution in [3.63, 3.8) is 0 Å². The van der Waals surface area contributed by atoms with E-state index in [1.165, 1.54) is 32.2 Å². The fraction of sp³-hybridized carbons (Fsp3) is 0.348. The van der Waals surface area contributed by atoms with Gasteiger partial charge in [0.05, 0.1) is 7.11 Å². The molecule has 2 aromatic carbocycles. The standard InChI is InChI=1S/C23H26O10/c1-12(24)31-11-19-20(27)21(28)22(29)23(33-19)32-16-8-14(7-15(25)10-16)4-3-13-5-6-18(30-2)17(26)9-13/h3-10,19-23,25-29H,11H2,1-2H3/b4-3+/t19-,20-,21+,22-,23-/m1/s1. The molecule has 0 aliphatic carbocycles. The van der Waals surface area contributed by atoms with E-state index in [1.54, 1.807) is 30.4 Å². The maximum atomic E-state index is 11.0. The van der Waals surface area contributed by atoms with Gasteiger partial charge in [-0.3, -0.25) is 4.79 Å². The number of aliphatic hydroxyl groups excluding tert-OH is 3. The maximum absolute atomic E-state index is 11.0. The fourth-order valence-electron chi connectivity index (χ4n) is 3.26. The van der Waals surface area contributed by atoms with Gasteiger partial charge in [-0.05, 0) is 35.4 Å². The molecule has 0 aromatic heterocycles. The van der Waals surface area contributed by atoms with Gasteiger partial charge in [0.15, 0.2) is 11.5 Å². The van der Waals surface area contributed by atoms with E-state index >= 15 is 0 Å². The Balaban J connectivity index is 1.75. The molecule has 0 amide bonds. The van der Waals surface area contributed by atoms with Crippen LogP contribution in [0.1, 0.15) is 18.1 Å². The second-order valence-corrected chi connectivity index (χ2v) is 7.46. The predicted molar refractivity (Wildman–Crippen MR) is 116 cm³/mol. The molecule has 0 bridgehead atoms. The van der Waals surface area contributed by atoms with Gasteiger partial charge in [-0.25, -0.2) is 0 Å². The molecule has 1 saturated heterocycles. The molecule has 1 fully saturated rings. The summed E-state index contributed by atoms with van der Waals surface area (Å²) in [6.07, 6.45) is -3.88. The molecule has 0 spiro atoms. The Morgan fingerprint density at radius 1 is 1.00 bits per heavy atom. The molecule has 1 heterocycles. The number of aliphatic hydroxyl groups is 3. The fourth-order valence-corrected chi connectivity index (χ4v) is 3.26. The third-order valence-corrected chi connectivity index (χ3v) is 4.96. The minimum Gasteiger partial charge on any atom is -0.508 e. The summed E-state index contributed by atoms with van der Waals surface area (Å²) in [6, 6.07) is 9.15. The van der Waals surface area contributed by atoms with Crippen molar-refractivity contribution in [3.05, 3.63) is 47.5 Å². The summed E-state index contributed by atoms with van der Waals surface area (Å²) in [4.78, 5) is 11.0. The van der Waals surface area contributed by atoms with Crippen LogP contribution in [0.4, 0.5) is 0 Å². The van der Waals surface area contributed by atoms with Crippen molar-refractivity contribution in [2.45, 2.75) is 37.6 Å². The van der Waals surface area contributed by atoms with Crippen LogP contribution >= 0.6 is 0 Å². The van der Waals surface area contributed by atoms with Crippen LogP contribution < -0.4 is 9.47 Å². The zero-order chi connectivity index (χ0) is 24.1. The highest BCUT2D eigenvalue weighted by Gasteiger charge is 2.45. The second kappa shape index (κ2) is 10.5. The molecule has 1 aliphatic heterocycles. The molecule has 178 valence electrons. The average molecular weight is 462 g/mol. The Hall–Kier alpha value is -3.31. The number of hydrogen-bond acceptors (Lipinski definition) is 10. The van der Waals surface area contributed by atoms with Crippen LogP contribution in [-0.4, -0.2) is 75.9 Å². The topological polar surface area (TPSA) is 155 Å². The smallest absolute Gasteiger partial charge is 0.302 e. The first-order chi connectivity index (χ1) is 15.7. The Bertz CT molecular complexity index is 1000. The summed E-state index contributed by atoms with van der Waals surface area (Å²) in [6.45, 7) is 0.840. The first-order valence-corrected chi connectivity index (χ1v) is 10.1. The van der Waals surface area contributed by atoms with Crippen molar-refractivity contribution >= 4 is 18.1 Å². The van der Waals surface area contributed by atoms with Crippen LogP contribution in [0.3, 0.4) is 0 Å². The number of methoxy groups -OCH3 is 1. The lowest BCUT2D eigenvalue weighted by molar-refractivity contribution is -0.278. The summed E-state index contributed by atoms with van der Waals surface area (Å²) in [7, 11) is 1.45. The molecular weight excluding hydrogens is 436 g/mol. The molecule has 5 N–H and O–H groups in total. The summed E-state index contributed by atoms with van der Waals surface area (Å²) >= 11 is 0. The molecule has 0 unspecified atom stereocenters. The summed E-state index contributed by atoms with van der Waals surface area (Å²) in [5.74, 6) is -0.297. The SMILES string of the molecule is COc1ccc(/C=C/c2cc(O)cc(O[C@@H]3O[C@H](COC(C)=O)[C@@H](O)[C@H](O)[C@H]3O)c2)cc1O. The van der Waals surface area contributed by atoms with Crippen molar-refractivity contribution in [1.82, 2.24) is 0 Å². The monoisotopic (exact) mass is 462 g/mol. The minimum atomic E-state index is -1.61. The number of rotatable bonds is 7. The lowest BCUT2D eigenvalue weighted by Crippen LogP contribution is -2.60. The van der Waals surface area contributed by atoms with E-state index in [4.69, 9.17) is 18.9 Å². The summed E-state index contributed by atoms with van der Waals surface area (Å²) in [5, 5.41) is 50.4. The van der Waals surface area contributed by atoms with E-state index < -0.39 is 36.7 Å². The van der Waals surface area contributed by atoms with E-state index in [0.717, 1.165) is 0 Å². The van der Waals surface area contributed by atoms with Gasteiger partial charge in [-0.2, -0.15) is 0 Å². The van der Waals surface area contributed by atoms with Gasteiger partial charge in [0.2, 0.25) is 6.29 Å². The van der Waals surface area contributed by atoms with Crippen molar-refractivity contribution < 1.29 is 49.3 Å². The van der Waals surface area contributed by atoms with Gasteiger partial charge in [0, 0.05) is 13.0 Å². The zero-order valence-electron chi connectivity index (χ0n) is 18.0. The van der Waals surface area contributed by atoms with Crippen LogP contribution in [0, 0.1) is 0 Å².